The zero-order chi connectivity index (χ0) is 20.6. The molecule has 0 aliphatic rings. The van der Waals surface area contributed by atoms with E-state index in [1.54, 1.807) is 0 Å². The van der Waals surface area contributed by atoms with Crippen molar-refractivity contribution in [3.05, 3.63) is 0 Å². The molecule has 0 rings (SSSR count). The van der Waals surface area contributed by atoms with E-state index in [0.29, 0.717) is 6.42 Å². The summed E-state index contributed by atoms with van der Waals surface area (Å²) in [6.07, 6.45) is 18.8. The number of hydrogen-bond donors (Lipinski definition) is 1. The molecule has 5 nitrogen and oxygen atoms in total. The van der Waals surface area contributed by atoms with E-state index in [1.807, 2.05) is 0 Å². The molecule has 0 amide bonds. The third-order valence-electron chi connectivity index (χ3n) is 5.18. The molecule has 7 heteroatoms. The summed E-state index contributed by atoms with van der Waals surface area (Å²) in [5.74, 6) is -0.242. The van der Waals surface area contributed by atoms with Gasteiger partial charge in [0.05, 0.1) is 0 Å². The Labute approximate surface area is 196 Å². The molecule has 162 valence electrons. The second-order valence-corrected chi connectivity index (χ2v) is 10.0. The Morgan fingerprint density at radius 2 is 1.11 bits per heavy atom. The first-order valence-corrected chi connectivity index (χ1v) is 12.4. The topological polar surface area (TPSA) is 100 Å². The van der Waals surface area contributed by atoms with Crippen LogP contribution < -0.4 is 35.3 Å². The molecule has 0 aromatic heterocycles. The molecule has 0 radical (unpaired) electrons. The van der Waals surface area contributed by atoms with Crippen LogP contribution in [0.3, 0.4) is 0 Å². The standard InChI is InChI=1S/C21H43NO4S.Na/c1-3-4-5-6-7-8-9-10-11-12-13-14-15-16-17-18-20(23)19-21(2,22)27(24,25)26;/h3-19,22H2,1-2H3,(H,24,25,26);/q;+1/p-1. The van der Waals surface area contributed by atoms with Crippen molar-refractivity contribution in [3.8, 4) is 0 Å². The number of nitrogens with two attached hydrogens (primary N) is 1. The minimum absolute atomic E-state index is 0. The number of rotatable bonds is 19. The normalized spacial score (nSPS) is 13.7. The van der Waals surface area contributed by atoms with Gasteiger partial charge in [-0.1, -0.05) is 96.8 Å². The quantitative estimate of drug-likeness (QED) is 0.194. The molecule has 0 fully saturated rings. The van der Waals surface area contributed by atoms with Crippen LogP contribution >= 0.6 is 0 Å². The number of carbonyl (C=O) groups excluding carboxylic acids is 1. The molecule has 0 saturated carbocycles. The number of hydrogen-bond acceptors (Lipinski definition) is 5. The van der Waals surface area contributed by atoms with Gasteiger partial charge in [-0.3, -0.25) is 4.79 Å². The van der Waals surface area contributed by atoms with E-state index < -0.39 is 21.4 Å². The fourth-order valence-corrected chi connectivity index (χ4v) is 3.60. The zero-order valence-corrected chi connectivity index (χ0v) is 21.5. The Balaban J connectivity index is 0. The molecule has 0 spiro atoms. The van der Waals surface area contributed by atoms with Crippen LogP contribution in [-0.2, 0) is 14.9 Å². The van der Waals surface area contributed by atoms with Gasteiger partial charge in [0.15, 0.2) is 0 Å². The summed E-state index contributed by atoms with van der Waals surface area (Å²) < 4.78 is 32.9. The van der Waals surface area contributed by atoms with Crippen LogP contribution in [0.5, 0.6) is 0 Å². The first-order valence-electron chi connectivity index (χ1n) is 11.0. The van der Waals surface area contributed by atoms with Crippen molar-refractivity contribution in [1.82, 2.24) is 0 Å². The smallest absolute Gasteiger partial charge is 0.747 e. The molecule has 0 heterocycles. The summed E-state index contributed by atoms with van der Waals surface area (Å²) in [6, 6.07) is 0. The van der Waals surface area contributed by atoms with Crippen LogP contribution in [-0.4, -0.2) is 23.6 Å². The van der Waals surface area contributed by atoms with E-state index in [2.05, 4.69) is 6.92 Å². The van der Waals surface area contributed by atoms with Gasteiger partial charge in [0, 0.05) is 12.8 Å². The predicted molar refractivity (Wildman–Crippen MR) is 111 cm³/mol. The van der Waals surface area contributed by atoms with Crippen molar-refractivity contribution in [1.29, 1.82) is 0 Å². The molecule has 0 aromatic carbocycles. The van der Waals surface area contributed by atoms with Gasteiger partial charge in [0.25, 0.3) is 0 Å². The maximum Gasteiger partial charge on any atom is 1.00 e. The second-order valence-electron chi connectivity index (χ2n) is 8.18. The van der Waals surface area contributed by atoms with E-state index in [4.69, 9.17) is 5.73 Å². The SMILES string of the molecule is CCCCCCCCCCCCCCCCCC(=O)CC(C)(N)S(=O)(=O)[O-].[Na+]. The molecule has 1 unspecified atom stereocenters. The fourth-order valence-electron chi connectivity index (χ4n) is 3.26. The van der Waals surface area contributed by atoms with Crippen molar-refractivity contribution in [2.45, 2.75) is 128 Å². The van der Waals surface area contributed by atoms with Crippen molar-refractivity contribution in [2.75, 3.05) is 0 Å². The van der Waals surface area contributed by atoms with Crippen molar-refractivity contribution in [3.63, 3.8) is 0 Å². The Morgan fingerprint density at radius 1 is 0.786 bits per heavy atom. The largest absolute Gasteiger partial charge is 1.00 e. The van der Waals surface area contributed by atoms with Crippen LogP contribution in [0.1, 0.15) is 123 Å². The van der Waals surface area contributed by atoms with Crippen LogP contribution in [0.2, 0.25) is 0 Å². The van der Waals surface area contributed by atoms with Crippen molar-refractivity contribution >= 4 is 15.9 Å². The third kappa shape index (κ3) is 17.4. The summed E-state index contributed by atoms with van der Waals surface area (Å²) in [5.41, 5.74) is 5.43. The zero-order valence-electron chi connectivity index (χ0n) is 18.6. The Hall–Kier alpha value is 0.540. The Morgan fingerprint density at radius 3 is 1.43 bits per heavy atom. The Bertz CT molecular complexity index is 481. The van der Waals surface area contributed by atoms with Crippen LogP contribution in [0.25, 0.3) is 0 Å². The molecule has 0 aromatic rings. The number of unbranched alkanes of at least 4 members (excludes halogenated alkanes) is 14. The summed E-state index contributed by atoms with van der Waals surface area (Å²) in [7, 11) is -4.65. The van der Waals surface area contributed by atoms with Crippen molar-refractivity contribution < 1.29 is 47.3 Å². The number of carbonyl (C=O) groups is 1. The first-order chi connectivity index (χ1) is 12.7. The fraction of sp³-hybridized carbons (Fsp3) is 0.952. The summed E-state index contributed by atoms with van der Waals surface area (Å²) in [4.78, 5) is 9.77. The predicted octanol–water partition coefficient (Wildman–Crippen LogP) is 2.43. The molecule has 0 saturated heterocycles. The van der Waals surface area contributed by atoms with Gasteiger partial charge in [0.1, 0.15) is 20.8 Å². The third-order valence-corrected chi connectivity index (χ3v) is 6.47. The van der Waals surface area contributed by atoms with Crippen LogP contribution in [0.15, 0.2) is 0 Å². The van der Waals surface area contributed by atoms with Gasteiger partial charge in [-0.25, -0.2) is 8.42 Å². The van der Waals surface area contributed by atoms with Gasteiger partial charge in [-0.2, -0.15) is 0 Å². The average Bonchev–Trinajstić information content (AvgIpc) is 2.57. The van der Waals surface area contributed by atoms with Gasteiger partial charge >= 0.3 is 29.6 Å². The summed E-state index contributed by atoms with van der Waals surface area (Å²) >= 11 is 0. The summed E-state index contributed by atoms with van der Waals surface area (Å²) in [5, 5.41) is 0. The van der Waals surface area contributed by atoms with Gasteiger partial charge in [0.2, 0.25) is 0 Å². The van der Waals surface area contributed by atoms with Gasteiger partial charge < -0.3 is 10.3 Å². The monoisotopic (exact) mass is 427 g/mol. The molecule has 0 bridgehead atoms. The summed E-state index contributed by atoms with van der Waals surface area (Å²) in [6.45, 7) is 3.36. The van der Waals surface area contributed by atoms with E-state index in [0.717, 1.165) is 26.2 Å². The first kappa shape index (κ1) is 30.7. The van der Waals surface area contributed by atoms with E-state index >= 15 is 0 Å². The Kier molecular flexibility index (Phi) is 20.1. The molecule has 0 aliphatic heterocycles. The minimum Gasteiger partial charge on any atom is -0.747 e. The van der Waals surface area contributed by atoms with Gasteiger partial charge in [-0.15, -0.1) is 0 Å². The number of ketones is 1. The number of Topliss-reactive ketones (excluding diaryl/α,β-unsaturated/α-hetero) is 1. The van der Waals surface area contributed by atoms with Gasteiger partial charge in [-0.05, 0) is 13.3 Å². The molecular weight excluding hydrogens is 385 g/mol. The van der Waals surface area contributed by atoms with Crippen LogP contribution in [0, 0.1) is 0 Å². The van der Waals surface area contributed by atoms with Crippen molar-refractivity contribution in [2.24, 2.45) is 5.73 Å². The minimum atomic E-state index is -4.65. The average molecular weight is 428 g/mol. The molecule has 2 N–H and O–H groups in total. The second kappa shape index (κ2) is 18.3. The van der Waals surface area contributed by atoms with Crippen LogP contribution in [0.4, 0.5) is 0 Å². The van der Waals surface area contributed by atoms with E-state index in [9.17, 15) is 17.8 Å². The molecule has 0 aliphatic carbocycles. The molecule has 28 heavy (non-hydrogen) atoms. The molecular formula is C21H42NNaO4S. The van der Waals surface area contributed by atoms with E-state index in [-0.39, 0.29) is 35.3 Å². The molecule has 1 atom stereocenters. The van der Waals surface area contributed by atoms with E-state index in [1.165, 1.54) is 77.0 Å². The maximum absolute atomic E-state index is 11.8. The maximum atomic E-state index is 11.8.